The smallest absolute Gasteiger partial charge is 0.261 e. The Hall–Kier alpha value is -2.82. The van der Waals surface area contributed by atoms with Gasteiger partial charge in [-0.1, -0.05) is 53.3 Å². The monoisotopic (exact) mass is 609 g/mol. The maximum absolute atomic E-state index is 12.7. The fourth-order valence-electron chi connectivity index (χ4n) is 6.25. The SMILES string of the molecule is O=C1c2ccccc2C(=O)N1CCSNC1CCc2c(-c3cnn(C4CCCCO4)c3)c3ccc(Cl)c(Cl)c3n2C1. The number of nitrogens with one attached hydrogen (secondary N) is 1. The molecule has 0 aliphatic carbocycles. The molecule has 3 aliphatic heterocycles. The molecule has 4 aromatic rings. The molecule has 0 radical (unpaired) electrons. The Morgan fingerprint density at radius 2 is 1.85 bits per heavy atom. The third-order valence-corrected chi connectivity index (χ3v) is 9.92. The van der Waals surface area contributed by atoms with Crippen molar-refractivity contribution in [2.24, 2.45) is 0 Å². The molecule has 1 fully saturated rings. The Morgan fingerprint density at radius 1 is 1.05 bits per heavy atom. The second kappa shape index (κ2) is 11.1. The van der Waals surface area contributed by atoms with Crippen molar-refractivity contribution in [3.05, 3.63) is 75.7 Å². The van der Waals surface area contributed by atoms with Gasteiger partial charge in [0.25, 0.3) is 11.8 Å². The largest absolute Gasteiger partial charge is 0.357 e. The summed E-state index contributed by atoms with van der Waals surface area (Å²) in [4.78, 5) is 26.7. The van der Waals surface area contributed by atoms with Gasteiger partial charge < -0.3 is 9.30 Å². The third kappa shape index (κ3) is 4.77. The predicted molar refractivity (Wildman–Crippen MR) is 162 cm³/mol. The molecule has 0 bridgehead atoms. The minimum atomic E-state index is -0.218. The summed E-state index contributed by atoms with van der Waals surface area (Å²) in [7, 11) is 0. The molecule has 1 saturated heterocycles. The van der Waals surface area contributed by atoms with Crippen LogP contribution in [0.5, 0.6) is 0 Å². The van der Waals surface area contributed by atoms with Gasteiger partial charge in [0.05, 0.1) is 32.9 Å². The van der Waals surface area contributed by atoms with Gasteiger partial charge in [-0.3, -0.25) is 19.2 Å². The van der Waals surface area contributed by atoms with Crippen molar-refractivity contribution in [1.29, 1.82) is 0 Å². The number of aromatic nitrogens is 3. The summed E-state index contributed by atoms with van der Waals surface area (Å²) in [6.45, 7) is 1.85. The highest BCUT2D eigenvalue weighted by Crippen LogP contribution is 2.43. The van der Waals surface area contributed by atoms with Crippen LogP contribution in [-0.4, -0.2) is 56.0 Å². The highest BCUT2D eigenvalue weighted by molar-refractivity contribution is 7.97. The minimum absolute atomic E-state index is 0.0221. The standard InChI is InChI=1S/C30H29Cl2N5O3S/c31-23-10-9-22-26(18-15-33-37(16-18)25-7-3-4-13-40-25)24-11-8-19(17-36(24)28(22)27(23)32)34-41-14-12-35-29(38)20-5-1-2-6-21(20)30(35)39/h1-2,5-6,9-10,15-16,19,25,34H,3-4,7-8,11-14,17H2. The van der Waals surface area contributed by atoms with Crippen LogP contribution in [0.2, 0.25) is 10.0 Å². The first-order chi connectivity index (χ1) is 20.0. The Bertz CT molecular complexity index is 1630. The number of carbonyl (C=O) groups excluding carboxylic acids is 2. The van der Waals surface area contributed by atoms with Gasteiger partial charge in [0.15, 0.2) is 0 Å². The average Bonchev–Trinajstić information content (AvgIpc) is 3.67. The van der Waals surface area contributed by atoms with Gasteiger partial charge in [-0.15, -0.1) is 0 Å². The predicted octanol–water partition coefficient (Wildman–Crippen LogP) is 6.36. The van der Waals surface area contributed by atoms with Crippen LogP contribution in [-0.2, 0) is 17.7 Å². The summed E-state index contributed by atoms with van der Waals surface area (Å²) in [5, 5.41) is 6.82. The molecule has 11 heteroatoms. The van der Waals surface area contributed by atoms with E-state index in [9.17, 15) is 9.59 Å². The van der Waals surface area contributed by atoms with Crippen LogP contribution >= 0.6 is 35.1 Å². The zero-order valence-corrected chi connectivity index (χ0v) is 24.6. The molecule has 0 spiro atoms. The van der Waals surface area contributed by atoms with E-state index in [1.165, 1.54) is 10.6 Å². The molecule has 2 aromatic heterocycles. The summed E-state index contributed by atoms with van der Waals surface area (Å²) in [5.74, 6) is 0.163. The zero-order valence-electron chi connectivity index (χ0n) is 22.3. The van der Waals surface area contributed by atoms with Crippen LogP contribution in [0.1, 0.15) is 58.3 Å². The number of hydrogen-bond acceptors (Lipinski definition) is 6. The molecule has 212 valence electrons. The lowest BCUT2D eigenvalue weighted by Gasteiger charge is -2.27. The van der Waals surface area contributed by atoms with E-state index in [4.69, 9.17) is 27.9 Å². The van der Waals surface area contributed by atoms with E-state index in [1.54, 1.807) is 36.2 Å². The molecule has 2 unspecified atom stereocenters. The number of amides is 2. The molecule has 2 atom stereocenters. The van der Waals surface area contributed by atoms with E-state index in [0.717, 1.165) is 67.3 Å². The van der Waals surface area contributed by atoms with Crippen LogP contribution in [0.25, 0.3) is 22.0 Å². The molecule has 3 aliphatic rings. The topological polar surface area (TPSA) is 81.4 Å². The number of hydrogen-bond donors (Lipinski definition) is 1. The minimum Gasteiger partial charge on any atom is -0.357 e. The fourth-order valence-corrected chi connectivity index (χ4v) is 7.49. The summed E-state index contributed by atoms with van der Waals surface area (Å²) in [6, 6.07) is 11.1. The second-order valence-corrected chi connectivity index (χ2v) is 12.4. The van der Waals surface area contributed by atoms with Gasteiger partial charge in [0, 0.05) is 59.9 Å². The van der Waals surface area contributed by atoms with Crippen molar-refractivity contribution >= 4 is 57.9 Å². The quantitative estimate of drug-likeness (QED) is 0.149. The van der Waals surface area contributed by atoms with Gasteiger partial charge >= 0.3 is 0 Å². The molecule has 2 amide bonds. The van der Waals surface area contributed by atoms with Crippen molar-refractivity contribution in [2.45, 2.75) is 50.9 Å². The molecular weight excluding hydrogens is 581 g/mol. The lowest BCUT2D eigenvalue weighted by molar-refractivity contribution is -0.0394. The Kier molecular flexibility index (Phi) is 7.33. The number of rotatable bonds is 7. The zero-order chi connectivity index (χ0) is 28.1. The number of ether oxygens (including phenoxy) is 1. The Morgan fingerprint density at radius 3 is 2.61 bits per heavy atom. The van der Waals surface area contributed by atoms with E-state index < -0.39 is 0 Å². The first-order valence-corrected chi connectivity index (χ1v) is 15.7. The maximum Gasteiger partial charge on any atom is 0.261 e. The molecule has 41 heavy (non-hydrogen) atoms. The average molecular weight is 611 g/mol. The number of imide groups is 1. The molecule has 5 heterocycles. The lowest BCUT2D eigenvalue weighted by Crippen LogP contribution is -2.36. The highest BCUT2D eigenvalue weighted by atomic mass is 35.5. The van der Waals surface area contributed by atoms with E-state index >= 15 is 0 Å². The van der Waals surface area contributed by atoms with Gasteiger partial charge in [0.2, 0.25) is 0 Å². The first kappa shape index (κ1) is 27.0. The van der Waals surface area contributed by atoms with Gasteiger partial charge in [-0.2, -0.15) is 5.10 Å². The van der Waals surface area contributed by atoms with Gasteiger partial charge in [-0.25, -0.2) is 4.68 Å². The number of carbonyl (C=O) groups is 2. The lowest BCUT2D eigenvalue weighted by atomic mass is 9.99. The molecular formula is C30H29Cl2N5O3S. The van der Waals surface area contributed by atoms with Crippen LogP contribution in [0, 0.1) is 0 Å². The van der Waals surface area contributed by atoms with E-state index in [0.29, 0.717) is 33.5 Å². The van der Waals surface area contributed by atoms with Crippen LogP contribution < -0.4 is 4.72 Å². The normalized spacial score (nSPS) is 20.6. The van der Waals surface area contributed by atoms with Crippen LogP contribution in [0.15, 0.2) is 48.8 Å². The summed E-state index contributed by atoms with van der Waals surface area (Å²) in [5.41, 5.74) is 5.34. The maximum atomic E-state index is 12.7. The Balaban J connectivity index is 1.08. The fraction of sp³-hybridized carbons (Fsp3) is 0.367. The molecule has 1 N–H and O–H groups in total. The Labute approximate surface area is 252 Å². The highest BCUT2D eigenvalue weighted by Gasteiger charge is 2.35. The van der Waals surface area contributed by atoms with E-state index in [1.807, 2.05) is 16.9 Å². The van der Waals surface area contributed by atoms with Gasteiger partial charge in [-0.05, 0) is 50.3 Å². The van der Waals surface area contributed by atoms with Crippen molar-refractivity contribution in [3.8, 4) is 11.1 Å². The van der Waals surface area contributed by atoms with E-state index in [2.05, 4.69) is 26.7 Å². The number of benzene rings is 2. The number of nitrogens with zero attached hydrogens (tertiary/aromatic N) is 4. The number of halogens is 2. The van der Waals surface area contributed by atoms with Crippen LogP contribution in [0.3, 0.4) is 0 Å². The summed E-state index contributed by atoms with van der Waals surface area (Å²) < 4.78 is 13.8. The summed E-state index contributed by atoms with van der Waals surface area (Å²) in [6.07, 6.45) is 9.00. The molecule has 0 saturated carbocycles. The van der Waals surface area contributed by atoms with Crippen molar-refractivity contribution < 1.29 is 14.3 Å². The van der Waals surface area contributed by atoms with Crippen molar-refractivity contribution in [1.82, 2.24) is 24.0 Å². The van der Waals surface area contributed by atoms with E-state index in [-0.39, 0.29) is 24.1 Å². The summed E-state index contributed by atoms with van der Waals surface area (Å²) >= 11 is 14.8. The molecule has 2 aromatic carbocycles. The van der Waals surface area contributed by atoms with Gasteiger partial charge in [0.1, 0.15) is 6.23 Å². The number of fused-ring (bicyclic) bond motifs is 4. The second-order valence-electron chi connectivity index (χ2n) is 10.7. The first-order valence-electron chi connectivity index (χ1n) is 14.0. The molecule has 7 rings (SSSR count). The third-order valence-electron chi connectivity index (χ3n) is 8.24. The van der Waals surface area contributed by atoms with Crippen molar-refractivity contribution in [3.63, 3.8) is 0 Å². The van der Waals surface area contributed by atoms with Crippen LogP contribution in [0.4, 0.5) is 0 Å². The van der Waals surface area contributed by atoms with Crippen molar-refractivity contribution in [2.75, 3.05) is 18.9 Å². The molecule has 8 nitrogen and oxygen atoms in total.